The Morgan fingerprint density at radius 2 is 2.00 bits per heavy atom. The van der Waals surface area contributed by atoms with Crippen LogP contribution in [0.3, 0.4) is 0 Å². The van der Waals surface area contributed by atoms with Gasteiger partial charge in [-0.25, -0.2) is 4.79 Å². The van der Waals surface area contributed by atoms with Crippen LogP contribution in [0.1, 0.15) is 27.0 Å². The summed E-state index contributed by atoms with van der Waals surface area (Å²) < 4.78 is 0. The molecule has 0 fully saturated rings. The lowest BCUT2D eigenvalue weighted by Crippen LogP contribution is -2.03. The minimum Gasteiger partial charge on any atom is -0.872 e. The Bertz CT molecular complexity index is 784. The lowest BCUT2D eigenvalue weighted by molar-refractivity contribution is -0.268. The number of hydrogen-bond donors (Lipinski definition) is 2. The Morgan fingerprint density at radius 3 is 2.64 bits per heavy atom. The lowest BCUT2D eigenvalue weighted by atomic mass is 10.0. The molecule has 2 rings (SSSR count). The highest BCUT2D eigenvalue weighted by molar-refractivity contribution is 6.32. The Labute approximate surface area is 132 Å². The van der Waals surface area contributed by atoms with E-state index in [1.54, 1.807) is 13.8 Å². The fourth-order valence-corrected chi connectivity index (χ4v) is 2.18. The standard InChI is InChI=1S/C16H14ClNO4/c1-8-5-14(20)12(9(2)15(8)17)7-18-10-3-4-13(19)11(6-10)16(21)22/h3-7,19-20H,1-2H3,(H,21,22)/p-1. The van der Waals surface area contributed by atoms with Crippen molar-refractivity contribution in [3.63, 3.8) is 0 Å². The van der Waals surface area contributed by atoms with Gasteiger partial charge in [-0.2, -0.15) is 0 Å². The van der Waals surface area contributed by atoms with Gasteiger partial charge in [0.15, 0.2) is 0 Å². The first kappa shape index (κ1) is 15.9. The number of benzene rings is 2. The summed E-state index contributed by atoms with van der Waals surface area (Å²) in [6.45, 7) is 3.53. The highest BCUT2D eigenvalue weighted by atomic mass is 35.5. The molecule has 0 amide bonds. The molecule has 2 aromatic rings. The number of carboxylic acid groups (broad SMARTS) is 1. The van der Waals surface area contributed by atoms with Gasteiger partial charge in [-0.05, 0) is 43.2 Å². The molecule has 0 aromatic heterocycles. The number of aliphatic imine (C=N–C) groups is 1. The Balaban J connectivity index is 2.44. The number of aryl methyl sites for hydroxylation is 1. The van der Waals surface area contributed by atoms with E-state index in [1.807, 2.05) is 0 Å². The van der Waals surface area contributed by atoms with Crippen molar-refractivity contribution in [1.29, 1.82) is 0 Å². The van der Waals surface area contributed by atoms with E-state index in [4.69, 9.17) is 16.7 Å². The summed E-state index contributed by atoms with van der Waals surface area (Å²) in [6, 6.07) is 5.27. The van der Waals surface area contributed by atoms with Crippen molar-refractivity contribution in [3.05, 3.63) is 51.5 Å². The molecule has 0 radical (unpaired) electrons. The Kier molecular flexibility index (Phi) is 4.37. The summed E-state index contributed by atoms with van der Waals surface area (Å²) >= 11 is 6.13. The fourth-order valence-electron chi connectivity index (χ4n) is 2.02. The SMILES string of the molecule is Cc1cc(O)c(C=Nc2ccc([O-])c(C(=O)O)c2)c(C)c1Cl. The Morgan fingerprint density at radius 1 is 1.32 bits per heavy atom. The molecule has 0 saturated heterocycles. The quantitative estimate of drug-likeness (QED) is 0.850. The third-order valence-electron chi connectivity index (χ3n) is 3.24. The second-order valence-corrected chi connectivity index (χ2v) is 5.19. The number of phenols is 1. The topological polar surface area (TPSA) is 93.0 Å². The number of phenolic OH excluding ortho intramolecular Hbond substituents is 1. The molecule has 114 valence electrons. The maximum absolute atomic E-state index is 11.4. The average molecular weight is 319 g/mol. The highest BCUT2D eigenvalue weighted by Gasteiger charge is 2.10. The first-order valence-corrected chi connectivity index (χ1v) is 6.76. The average Bonchev–Trinajstić information content (AvgIpc) is 2.46. The first-order chi connectivity index (χ1) is 10.3. The van der Waals surface area contributed by atoms with Gasteiger partial charge in [0.1, 0.15) is 5.75 Å². The number of rotatable bonds is 3. The van der Waals surface area contributed by atoms with Crippen LogP contribution in [0.5, 0.6) is 11.5 Å². The summed E-state index contributed by atoms with van der Waals surface area (Å²) in [5, 5.41) is 30.8. The van der Waals surface area contributed by atoms with Crippen molar-refractivity contribution in [2.75, 3.05) is 0 Å². The van der Waals surface area contributed by atoms with E-state index >= 15 is 0 Å². The van der Waals surface area contributed by atoms with Crippen LogP contribution in [0.15, 0.2) is 29.3 Å². The molecule has 0 spiro atoms. The normalized spacial score (nSPS) is 11.0. The largest absolute Gasteiger partial charge is 0.872 e. The number of carboxylic acids is 1. The number of carbonyl (C=O) groups is 1. The van der Waals surface area contributed by atoms with Crippen LogP contribution in [0.25, 0.3) is 0 Å². The van der Waals surface area contributed by atoms with Crippen LogP contribution in [0.4, 0.5) is 5.69 Å². The van der Waals surface area contributed by atoms with Crippen LogP contribution in [-0.2, 0) is 0 Å². The monoisotopic (exact) mass is 318 g/mol. The number of aromatic carboxylic acids is 1. The zero-order valence-electron chi connectivity index (χ0n) is 11.9. The van der Waals surface area contributed by atoms with Crippen molar-refractivity contribution in [2.45, 2.75) is 13.8 Å². The molecule has 0 bridgehead atoms. The minimum absolute atomic E-state index is 0.0297. The molecule has 0 saturated carbocycles. The van der Waals surface area contributed by atoms with E-state index in [9.17, 15) is 15.0 Å². The third kappa shape index (κ3) is 3.04. The van der Waals surface area contributed by atoms with E-state index in [2.05, 4.69) is 4.99 Å². The van der Waals surface area contributed by atoms with Gasteiger partial charge >= 0.3 is 5.97 Å². The number of hydrogen-bond acceptors (Lipinski definition) is 4. The van der Waals surface area contributed by atoms with Crippen molar-refractivity contribution in [3.8, 4) is 11.5 Å². The van der Waals surface area contributed by atoms with Crippen LogP contribution >= 0.6 is 11.6 Å². The van der Waals surface area contributed by atoms with E-state index in [1.165, 1.54) is 24.4 Å². The van der Waals surface area contributed by atoms with Crippen molar-refractivity contribution >= 4 is 29.5 Å². The van der Waals surface area contributed by atoms with E-state index < -0.39 is 11.7 Å². The molecule has 22 heavy (non-hydrogen) atoms. The first-order valence-electron chi connectivity index (χ1n) is 6.38. The van der Waals surface area contributed by atoms with Gasteiger partial charge in [-0.3, -0.25) is 4.99 Å². The second-order valence-electron chi connectivity index (χ2n) is 4.81. The van der Waals surface area contributed by atoms with Gasteiger partial charge in [0.25, 0.3) is 0 Å². The van der Waals surface area contributed by atoms with E-state index in [-0.39, 0.29) is 11.3 Å². The summed E-state index contributed by atoms with van der Waals surface area (Å²) in [6.07, 6.45) is 1.39. The van der Waals surface area contributed by atoms with Gasteiger partial charge in [0, 0.05) is 16.8 Å². The van der Waals surface area contributed by atoms with Gasteiger partial charge in [-0.1, -0.05) is 23.4 Å². The number of nitrogens with zero attached hydrogens (tertiary/aromatic N) is 1. The molecule has 5 nitrogen and oxygen atoms in total. The molecule has 0 atom stereocenters. The fraction of sp³-hybridized carbons (Fsp3) is 0.125. The molecule has 2 aromatic carbocycles. The molecular weight excluding hydrogens is 306 g/mol. The molecule has 2 N–H and O–H groups in total. The molecule has 6 heteroatoms. The highest BCUT2D eigenvalue weighted by Crippen LogP contribution is 2.30. The van der Waals surface area contributed by atoms with Crippen LogP contribution in [0.2, 0.25) is 5.02 Å². The van der Waals surface area contributed by atoms with Crippen molar-refractivity contribution in [1.82, 2.24) is 0 Å². The van der Waals surface area contributed by atoms with Crippen molar-refractivity contribution < 1.29 is 20.1 Å². The minimum atomic E-state index is -1.31. The Hall–Kier alpha value is -2.53. The molecule has 0 aliphatic rings. The summed E-state index contributed by atoms with van der Waals surface area (Å²) in [7, 11) is 0. The van der Waals surface area contributed by atoms with Gasteiger partial charge in [0.2, 0.25) is 0 Å². The molecule has 0 heterocycles. The van der Waals surface area contributed by atoms with Crippen molar-refractivity contribution in [2.24, 2.45) is 4.99 Å². The zero-order valence-corrected chi connectivity index (χ0v) is 12.7. The smallest absolute Gasteiger partial charge is 0.335 e. The zero-order chi connectivity index (χ0) is 16.4. The predicted molar refractivity (Wildman–Crippen MR) is 82.7 cm³/mol. The van der Waals surface area contributed by atoms with Gasteiger partial charge < -0.3 is 15.3 Å². The molecule has 0 aliphatic carbocycles. The molecule has 0 aliphatic heterocycles. The predicted octanol–water partition coefficient (Wildman–Crippen LogP) is 3.18. The second kappa shape index (κ2) is 6.07. The summed E-state index contributed by atoms with van der Waals surface area (Å²) in [5.74, 6) is -1.86. The van der Waals surface area contributed by atoms with Crippen LogP contribution in [0, 0.1) is 13.8 Å². The molecule has 0 unspecified atom stereocenters. The van der Waals surface area contributed by atoms with Crippen LogP contribution < -0.4 is 5.11 Å². The van der Waals surface area contributed by atoms with Gasteiger partial charge in [-0.15, -0.1) is 0 Å². The maximum atomic E-state index is 11.4. The number of halogens is 1. The van der Waals surface area contributed by atoms with Crippen LogP contribution in [-0.4, -0.2) is 22.4 Å². The van der Waals surface area contributed by atoms with E-state index in [0.29, 0.717) is 21.8 Å². The summed E-state index contributed by atoms with van der Waals surface area (Å²) in [5.41, 5.74) is 1.81. The maximum Gasteiger partial charge on any atom is 0.335 e. The van der Waals surface area contributed by atoms with E-state index in [0.717, 1.165) is 11.6 Å². The number of aromatic hydroxyl groups is 1. The lowest BCUT2D eigenvalue weighted by Gasteiger charge is -2.10. The molecular formula is C16H13ClNO4-. The summed E-state index contributed by atoms with van der Waals surface area (Å²) in [4.78, 5) is 15.0. The van der Waals surface area contributed by atoms with Gasteiger partial charge in [0.05, 0.1) is 11.3 Å². The third-order valence-corrected chi connectivity index (χ3v) is 3.83.